The number of carbonyl (C=O) groups is 1. The third-order valence-corrected chi connectivity index (χ3v) is 6.18. The number of nitrogens with one attached hydrogen (secondary N) is 1. The summed E-state index contributed by atoms with van der Waals surface area (Å²) < 4.78 is 0. The van der Waals surface area contributed by atoms with Crippen LogP contribution < -0.4 is 11.1 Å². The van der Waals surface area contributed by atoms with Crippen molar-refractivity contribution in [2.75, 3.05) is 30.7 Å². The van der Waals surface area contributed by atoms with Crippen molar-refractivity contribution in [1.29, 1.82) is 0 Å². The Kier molecular flexibility index (Phi) is 5.88. The SMILES string of the molecule is C[C@@H]1CN(CC2CC2)C[C@H](C)N1Cc1ccc(C(=O)Nc2ccccc2N)cc1. The number of piperazine rings is 1. The molecule has 1 aliphatic carbocycles. The Hall–Kier alpha value is -2.37. The summed E-state index contributed by atoms with van der Waals surface area (Å²) in [7, 11) is 0. The Morgan fingerprint density at radius 2 is 1.69 bits per heavy atom. The number of anilines is 2. The average molecular weight is 393 g/mol. The second-order valence-electron chi connectivity index (χ2n) is 8.77. The molecule has 1 saturated carbocycles. The topological polar surface area (TPSA) is 61.6 Å². The van der Waals surface area contributed by atoms with Gasteiger partial charge in [0.25, 0.3) is 5.91 Å². The molecule has 4 rings (SSSR count). The number of carbonyl (C=O) groups excluding carboxylic acids is 1. The highest BCUT2D eigenvalue weighted by atomic mass is 16.1. The standard InChI is InChI=1S/C24H32N4O/c1-17-13-27(15-19-7-8-19)14-18(2)28(17)16-20-9-11-21(12-10-20)24(29)26-23-6-4-3-5-22(23)25/h3-6,9-12,17-19H,7-8,13-16,25H2,1-2H3,(H,26,29)/t17-,18+. The summed E-state index contributed by atoms with van der Waals surface area (Å²) in [6.45, 7) is 9.17. The number of hydrogen-bond acceptors (Lipinski definition) is 4. The molecule has 1 amide bonds. The second kappa shape index (κ2) is 8.56. The Bertz CT molecular complexity index is 834. The van der Waals surface area contributed by atoms with Gasteiger partial charge in [0.05, 0.1) is 11.4 Å². The summed E-state index contributed by atoms with van der Waals surface area (Å²) in [5.74, 6) is 0.816. The lowest BCUT2D eigenvalue weighted by Gasteiger charge is -2.44. The smallest absolute Gasteiger partial charge is 0.255 e. The molecular formula is C24H32N4O. The number of nitrogens with two attached hydrogens (primary N) is 1. The molecule has 1 saturated heterocycles. The van der Waals surface area contributed by atoms with Gasteiger partial charge in [0.1, 0.15) is 0 Å². The zero-order chi connectivity index (χ0) is 20.4. The van der Waals surface area contributed by atoms with Crippen molar-refractivity contribution in [1.82, 2.24) is 9.80 Å². The summed E-state index contributed by atoms with van der Waals surface area (Å²) in [6, 6.07) is 16.3. The van der Waals surface area contributed by atoms with E-state index in [1.807, 2.05) is 30.3 Å². The molecule has 2 aliphatic rings. The first-order valence-corrected chi connectivity index (χ1v) is 10.7. The van der Waals surface area contributed by atoms with Crippen LogP contribution in [0.25, 0.3) is 0 Å². The second-order valence-corrected chi connectivity index (χ2v) is 8.77. The van der Waals surface area contributed by atoms with Crippen LogP contribution >= 0.6 is 0 Å². The van der Waals surface area contributed by atoms with Crippen LogP contribution in [0.1, 0.15) is 42.6 Å². The molecule has 3 N–H and O–H groups in total. The Morgan fingerprint density at radius 3 is 2.31 bits per heavy atom. The van der Waals surface area contributed by atoms with Gasteiger partial charge in [-0.2, -0.15) is 0 Å². The predicted octanol–water partition coefficient (Wildman–Crippen LogP) is 3.83. The van der Waals surface area contributed by atoms with Gasteiger partial charge >= 0.3 is 0 Å². The van der Waals surface area contributed by atoms with Crippen molar-refractivity contribution in [2.45, 2.75) is 45.3 Å². The fourth-order valence-electron chi connectivity index (χ4n) is 4.37. The zero-order valence-electron chi connectivity index (χ0n) is 17.5. The summed E-state index contributed by atoms with van der Waals surface area (Å²) in [6.07, 6.45) is 2.83. The van der Waals surface area contributed by atoms with Crippen LogP contribution in [0.2, 0.25) is 0 Å². The van der Waals surface area contributed by atoms with Gasteiger partial charge in [0, 0.05) is 43.8 Å². The molecule has 2 aromatic rings. The van der Waals surface area contributed by atoms with Gasteiger partial charge < -0.3 is 11.1 Å². The molecule has 154 valence electrons. The van der Waals surface area contributed by atoms with Crippen LogP contribution in [0.5, 0.6) is 0 Å². The predicted molar refractivity (Wildman–Crippen MR) is 119 cm³/mol. The van der Waals surface area contributed by atoms with E-state index in [4.69, 9.17) is 5.73 Å². The normalized spacial score (nSPS) is 23.1. The van der Waals surface area contributed by atoms with Gasteiger partial charge in [-0.15, -0.1) is 0 Å². The maximum absolute atomic E-state index is 12.5. The summed E-state index contributed by atoms with van der Waals surface area (Å²) in [5, 5.41) is 2.89. The average Bonchev–Trinajstić information content (AvgIpc) is 3.51. The maximum Gasteiger partial charge on any atom is 0.255 e. The van der Waals surface area contributed by atoms with Gasteiger partial charge in [-0.25, -0.2) is 0 Å². The Balaban J connectivity index is 1.35. The number of amides is 1. The summed E-state index contributed by atoms with van der Waals surface area (Å²) in [5.41, 5.74) is 9.03. The van der Waals surface area contributed by atoms with Gasteiger partial charge in [-0.1, -0.05) is 24.3 Å². The van der Waals surface area contributed by atoms with Crippen LogP contribution in [0.3, 0.4) is 0 Å². The van der Waals surface area contributed by atoms with Crippen molar-refractivity contribution < 1.29 is 4.79 Å². The quantitative estimate of drug-likeness (QED) is 0.734. The number of para-hydroxylation sites is 2. The summed E-state index contributed by atoms with van der Waals surface area (Å²) in [4.78, 5) is 17.7. The van der Waals surface area contributed by atoms with E-state index in [-0.39, 0.29) is 5.91 Å². The molecule has 2 aromatic carbocycles. The molecule has 0 bridgehead atoms. The van der Waals surface area contributed by atoms with Crippen LogP contribution in [-0.2, 0) is 6.54 Å². The number of rotatable bonds is 6. The van der Waals surface area contributed by atoms with Crippen molar-refractivity contribution in [3.05, 3.63) is 59.7 Å². The van der Waals surface area contributed by atoms with E-state index in [2.05, 4.69) is 41.1 Å². The summed E-state index contributed by atoms with van der Waals surface area (Å²) >= 11 is 0. The molecule has 29 heavy (non-hydrogen) atoms. The third kappa shape index (κ3) is 4.98. The minimum Gasteiger partial charge on any atom is -0.397 e. The number of benzene rings is 2. The van der Waals surface area contributed by atoms with Crippen molar-refractivity contribution >= 4 is 17.3 Å². The molecule has 1 aliphatic heterocycles. The monoisotopic (exact) mass is 392 g/mol. The number of nitrogen functional groups attached to an aromatic ring is 1. The van der Waals surface area contributed by atoms with Gasteiger partial charge in [-0.05, 0) is 62.4 Å². The fraction of sp³-hybridized carbons (Fsp3) is 0.458. The highest BCUT2D eigenvalue weighted by Gasteiger charge is 2.32. The minimum absolute atomic E-state index is 0.134. The van der Waals surface area contributed by atoms with Crippen LogP contribution in [0, 0.1) is 5.92 Å². The molecule has 0 aromatic heterocycles. The molecule has 5 heteroatoms. The van der Waals surface area contributed by atoms with E-state index < -0.39 is 0 Å². The molecular weight excluding hydrogens is 360 g/mol. The van der Waals surface area contributed by atoms with Crippen LogP contribution in [-0.4, -0.2) is 47.4 Å². The first kappa shape index (κ1) is 19.9. The molecule has 2 fully saturated rings. The lowest BCUT2D eigenvalue weighted by Crippen LogP contribution is -2.56. The van der Waals surface area contributed by atoms with E-state index in [0.29, 0.717) is 29.0 Å². The van der Waals surface area contributed by atoms with E-state index in [9.17, 15) is 4.79 Å². The van der Waals surface area contributed by atoms with Gasteiger partial charge in [-0.3, -0.25) is 14.6 Å². The van der Waals surface area contributed by atoms with Crippen LogP contribution in [0.4, 0.5) is 11.4 Å². The van der Waals surface area contributed by atoms with Crippen molar-refractivity contribution in [3.8, 4) is 0 Å². The number of hydrogen-bond donors (Lipinski definition) is 2. The van der Waals surface area contributed by atoms with E-state index in [1.165, 1.54) is 24.9 Å². The fourth-order valence-corrected chi connectivity index (χ4v) is 4.37. The zero-order valence-corrected chi connectivity index (χ0v) is 17.5. The number of nitrogens with zero attached hydrogens (tertiary/aromatic N) is 2. The Labute approximate surface area is 173 Å². The highest BCUT2D eigenvalue weighted by Crippen LogP contribution is 2.31. The molecule has 1 heterocycles. The molecule has 5 nitrogen and oxygen atoms in total. The van der Waals surface area contributed by atoms with Gasteiger partial charge in [0.2, 0.25) is 0 Å². The third-order valence-electron chi connectivity index (χ3n) is 6.18. The highest BCUT2D eigenvalue weighted by molar-refractivity contribution is 6.05. The lowest BCUT2D eigenvalue weighted by atomic mass is 10.0. The molecule has 0 unspecified atom stereocenters. The molecule has 0 spiro atoms. The van der Waals surface area contributed by atoms with Crippen LogP contribution in [0.15, 0.2) is 48.5 Å². The van der Waals surface area contributed by atoms with Gasteiger partial charge in [0.15, 0.2) is 0 Å². The van der Waals surface area contributed by atoms with E-state index in [1.54, 1.807) is 6.07 Å². The largest absolute Gasteiger partial charge is 0.397 e. The first-order chi connectivity index (χ1) is 14.0. The van der Waals surface area contributed by atoms with E-state index >= 15 is 0 Å². The maximum atomic E-state index is 12.5. The van der Waals surface area contributed by atoms with Crippen molar-refractivity contribution in [2.24, 2.45) is 5.92 Å². The lowest BCUT2D eigenvalue weighted by molar-refractivity contribution is 0.0307. The molecule has 0 radical (unpaired) electrons. The van der Waals surface area contributed by atoms with Crippen molar-refractivity contribution in [3.63, 3.8) is 0 Å². The Morgan fingerprint density at radius 1 is 1.03 bits per heavy atom. The first-order valence-electron chi connectivity index (χ1n) is 10.7. The molecule has 2 atom stereocenters. The minimum atomic E-state index is -0.134. The van der Waals surface area contributed by atoms with E-state index in [0.717, 1.165) is 25.6 Å².